The van der Waals surface area contributed by atoms with E-state index in [1.54, 1.807) is 30.3 Å². The van der Waals surface area contributed by atoms with Crippen molar-refractivity contribution in [2.45, 2.75) is 6.92 Å². The van der Waals surface area contributed by atoms with Crippen LogP contribution in [0.3, 0.4) is 0 Å². The summed E-state index contributed by atoms with van der Waals surface area (Å²) in [6, 6.07) is 12.0. The first-order chi connectivity index (χ1) is 13.3. The van der Waals surface area contributed by atoms with Gasteiger partial charge in [0.2, 0.25) is 0 Å². The lowest BCUT2D eigenvalue weighted by atomic mass is 10.2. The van der Waals surface area contributed by atoms with E-state index in [1.165, 1.54) is 0 Å². The molecule has 0 unspecified atom stereocenters. The fourth-order valence-electron chi connectivity index (χ4n) is 1.95. The van der Waals surface area contributed by atoms with Crippen LogP contribution in [0.15, 0.2) is 46.9 Å². The molecule has 0 saturated carbocycles. The molecule has 0 radical (unpaired) electrons. The molecule has 0 atom stereocenters. The minimum absolute atomic E-state index is 0.0685. The fraction of sp³-hybridized carbons (Fsp3) is 0.167. The quantitative estimate of drug-likeness (QED) is 0.430. The van der Waals surface area contributed by atoms with E-state index in [2.05, 4.69) is 32.1 Å². The molecule has 0 heterocycles. The number of amides is 2. The molecule has 7 nitrogen and oxygen atoms in total. The second-order valence-corrected chi connectivity index (χ2v) is 7.25. The number of hydrogen-bond donors (Lipinski definition) is 3. The molecular weight excluding hydrogens is 470 g/mol. The van der Waals surface area contributed by atoms with Gasteiger partial charge in [-0.05, 0) is 67.2 Å². The number of hydrazine groups is 1. The highest BCUT2D eigenvalue weighted by atomic mass is 79.9. The zero-order chi connectivity index (χ0) is 20.5. The minimum Gasteiger partial charge on any atom is -0.484 e. The molecular formula is C18H17BrClN3O4S. The van der Waals surface area contributed by atoms with Crippen molar-refractivity contribution in [3.8, 4) is 11.5 Å². The molecule has 0 aliphatic heterocycles. The highest BCUT2D eigenvalue weighted by molar-refractivity contribution is 9.10. The Morgan fingerprint density at radius 3 is 2.39 bits per heavy atom. The maximum atomic E-state index is 11.9. The molecule has 0 bridgehead atoms. The lowest BCUT2D eigenvalue weighted by molar-refractivity contribution is -0.124. The van der Waals surface area contributed by atoms with Gasteiger partial charge in [-0.25, -0.2) is 0 Å². The van der Waals surface area contributed by atoms with E-state index in [-0.39, 0.29) is 18.3 Å². The summed E-state index contributed by atoms with van der Waals surface area (Å²) >= 11 is 14.1. The number of carbonyl (C=O) groups excluding carboxylic acids is 2. The number of benzene rings is 2. The topological polar surface area (TPSA) is 88.7 Å². The summed E-state index contributed by atoms with van der Waals surface area (Å²) in [6.07, 6.45) is 0. The van der Waals surface area contributed by atoms with Crippen LogP contribution in [0.5, 0.6) is 11.5 Å². The fourth-order valence-corrected chi connectivity index (χ4v) is 2.72. The molecule has 0 aromatic heterocycles. The third kappa shape index (κ3) is 7.71. The van der Waals surface area contributed by atoms with Crippen molar-refractivity contribution < 1.29 is 19.1 Å². The number of carbonyl (C=O) groups is 2. The van der Waals surface area contributed by atoms with Gasteiger partial charge in [0, 0.05) is 9.50 Å². The summed E-state index contributed by atoms with van der Waals surface area (Å²) in [7, 11) is 0. The van der Waals surface area contributed by atoms with Gasteiger partial charge in [-0.2, -0.15) is 0 Å². The molecule has 10 heteroatoms. The molecule has 3 N–H and O–H groups in total. The summed E-state index contributed by atoms with van der Waals surface area (Å²) in [6.45, 7) is 1.40. The van der Waals surface area contributed by atoms with E-state index in [1.807, 2.05) is 19.1 Å². The van der Waals surface area contributed by atoms with E-state index in [0.29, 0.717) is 16.5 Å². The van der Waals surface area contributed by atoms with Gasteiger partial charge < -0.3 is 9.47 Å². The predicted octanol–water partition coefficient (Wildman–Crippen LogP) is 2.89. The Kier molecular flexibility index (Phi) is 8.49. The van der Waals surface area contributed by atoms with Gasteiger partial charge in [0.1, 0.15) is 11.5 Å². The van der Waals surface area contributed by atoms with Crippen LogP contribution in [0.2, 0.25) is 5.02 Å². The van der Waals surface area contributed by atoms with Crippen molar-refractivity contribution in [3.05, 3.63) is 57.5 Å². The van der Waals surface area contributed by atoms with Crippen molar-refractivity contribution in [1.29, 1.82) is 0 Å². The second-order valence-electron chi connectivity index (χ2n) is 5.49. The lowest BCUT2D eigenvalue weighted by Crippen LogP contribution is -2.50. The first-order valence-electron chi connectivity index (χ1n) is 7.99. The molecule has 0 saturated heterocycles. The first-order valence-corrected chi connectivity index (χ1v) is 9.57. The molecule has 28 heavy (non-hydrogen) atoms. The SMILES string of the molecule is Cc1cc(Br)ccc1OCC(=O)NC(=S)NNC(=O)COc1ccc(Cl)cc1. The molecule has 0 aliphatic rings. The third-order valence-corrected chi connectivity index (χ3v) is 4.20. The van der Waals surface area contributed by atoms with Crippen molar-refractivity contribution in [1.82, 2.24) is 16.2 Å². The van der Waals surface area contributed by atoms with E-state index < -0.39 is 11.8 Å². The normalized spacial score (nSPS) is 9.96. The molecule has 2 amide bonds. The number of thiocarbonyl (C=S) groups is 1. The largest absolute Gasteiger partial charge is 0.484 e. The number of aryl methyl sites for hydroxylation is 1. The van der Waals surface area contributed by atoms with Crippen LogP contribution in [-0.2, 0) is 9.59 Å². The first kappa shape index (κ1) is 21.9. The summed E-state index contributed by atoms with van der Waals surface area (Å²) in [5.41, 5.74) is 5.61. The highest BCUT2D eigenvalue weighted by Crippen LogP contribution is 2.21. The average Bonchev–Trinajstić information content (AvgIpc) is 2.65. The number of rotatable bonds is 6. The maximum Gasteiger partial charge on any atom is 0.276 e. The van der Waals surface area contributed by atoms with Gasteiger partial charge >= 0.3 is 0 Å². The van der Waals surface area contributed by atoms with Crippen LogP contribution in [0.4, 0.5) is 0 Å². The van der Waals surface area contributed by atoms with Gasteiger partial charge in [-0.3, -0.25) is 25.8 Å². The second kappa shape index (κ2) is 10.8. The van der Waals surface area contributed by atoms with Crippen molar-refractivity contribution in [3.63, 3.8) is 0 Å². The van der Waals surface area contributed by atoms with Gasteiger partial charge in [0.25, 0.3) is 11.8 Å². The lowest BCUT2D eigenvalue weighted by Gasteiger charge is -2.12. The average molecular weight is 487 g/mol. The summed E-state index contributed by atoms with van der Waals surface area (Å²) in [5.74, 6) is 0.139. The van der Waals surface area contributed by atoms with Crippen LogP contribution in [-0.4, -0.2) is 30.1 Å². The maximum absolute atomic E-state index is 11.9. The van der Waals surface area contributed by atoms with Crippen LogP contribution >= 0.6 is 39.7 Å². The van der Waals surface area contributed by atoms with Crippen molar-refractivity contribution >= 4 is 56.7 Å². The predicted molar refractivity (Wildman–Crippen MR) is 113 cm³/mol. The molecule has 0 spiro atoms. The van der Waals surface area contributed by atoms with Crippen LogP contribution in [0, 0.1) is 6.92 Å². The van der Waals surface area contributed by atoms with Crippen LogP contribution in [0.1, 0.15) is 5.56 Å². The van der Waals surface area contributed by atoms with E-state index >= 15 is 0 Å². The molecule has 2 rings (SSSR count). The number of hydrogen-bond acceptors (Lipinski definition) is 5. The standard InChI is InChI=1S/C18H17BrClN3O4S/c1-11-8-12(19)2-7-15(11)27-9-16(24)21-18(28)23-22-17(25)10-26-14-5-3-13(20)4-6-14/h2-8H,9-10H2,1H3,(H,22,25)(H2,21,23,24,28). The third-order valence-electron chi connectivity index (χ3n) is 3.25. The number of nitrogens with one attached hydrogen (secondary N) is 3. The molecule has 0 fully saturated rings. The van der Waals surface area contributed by atoms with E-state index in [9.17, 15) is 9.59 Å². The monoisotopic (exact) mass is 485 g/mol. The molecule has 2 aromatic carbocycles. The van der Waals surface area contributed by atoms with E-state index in [0.717, 1.165) is 10.0 Å². The minimum atomic E-state index is -0.478. The van der Waals surface area contributed by atoms with Crippen molar-refractivity contribution in [2.75, 3.05) is 13.2 Å². The van der Waals surface area contributed by atoms with Crippen LogP contribution in [0.25, 0.3) is 0 Å². The Hall–Kier alpha value is -2.36. The highest BCUT2D eigenvalue weighted by Gasteiger charge is 2.09. The molecule has 0 aliphatic carbocycles. The Balaban J connectivity index is 1.66. The van der Waals surface area contributed by atoms with Gasteiger partial charge in [0.05, 0.1) is 0 Å². The Bertz CT molecular complexity index is 864. The summed E-state index contributed by atoms with van der Waals surface area (Å²) in [5, 5.41) is 2.89. The van der Waals surface area contributed by atoms with Crippen molar-refractivity contribution in [2.24, 2.45) is 0 Å². The van der Waals surface area contributed by atoms with Gasteiger partial charge in [0.15, 0.2) is 18.3 Å². The summed E-state index contributed by atoms with van der Waals surface area (Å²) < 4.78 is 11.6. The Morgan fingerprint density at radius 2 is 1.71 bits per heavy atom. The zero-order valence-corrected chi connectivity index (χ0v) is 17.9. The number of ether oxygens (including phenoxy) is 2. The van der Waals surface area contributed by atoms with Crippen LogP contribution < -0.4 is 25.6 Å². The summed E-state index contributed by atoms with van der Waals surface area (Å²) in [4.78, 5) is 23.6. The Morgan fingerprint density at radius 1 is 1.04 bits per heavy atom. The van der Waals surface area contributed by atoms with E-state index in [4.69, 9.17) is 33.3 Å². The number of halogens is 2. The van der Waals surface area contributed by atoms with Gasteiger partial charge in [-0.15, -0.1) is 0 Å². The molecule has 2 aromatic rings. The Labute approximate surface area is 180 Å². The zero-order valence-electron chi connectivity index (χ0n) is 14.8. The van der Waals surface area contributed by atoms with Gasteiger partial charge in [-0.1, -0.05) is 27.5 Å². The smallest absolute Gasteiger partial charge is 0.276 e. The molecule has 148 valence electrons.